The van der Waals surface area contributed by atoms with Crippen LogP contribution >= 0.6 is 0 Å². The second-order valence-electron chi connectivity index (χ2n) is 4.45. The number of nitrogens with zero attached hydrogens (tertiary/aromatic N) is 2. The van der Waals surface area contributed by atoms with Crippen LogP contribution in [-0.2, 0) is 11.3 Å². The zero-order valence-corrected chi connectivity index (χ0v) is 11.9. The minimum Gasteiger partial charge on any atom is -0.497 e. The van der Waals surface area contributed by atoms with E-state index in [4.69, 9.17) is 9.47 Å². The van der Waals surface area contributed by atoms with Gasteiger partial charge in [0.15, 0.2) is 0 Å². The normalized spacial score (nSPS) is 10.6. The van der Waals surface area contributed by atoms with Crippen molar-refractivity contribution in [2.24, 2.45) is 10.2 Å². The summed E-state index contributed by atoms with van der Waals surface area (Å²) in [4.78, 5) is 11.5. The highest BCUT2D eigenvalue weighted by molar-refractivity contribution is 5.68. The molecule has 5 nitrogen and oxygen atoms in total. The Morgan fingerprint density at radius 3 is 2.62 bits per heavy atom. The number of aryl methyl sites for hydroxylation is 1. The fourth-order valence-corrected chi connectivity index (χ4v) is 1.75. The first-order chi connectivity index (χ1) is 10.2. The SMILES string of the molecule is COc1cc(C)cc(N=NC(=O)OCc2ccccc2)c1. The molecule has 0 saturated carbocycles. The number of rotatable bonds is 4. The zero-order chi connectivity index (χ0) is 15.1. The topological polar surface area (TPSA) is 60.2 Å². The van der Waals surface area contributed by atoms with Gasteiger partial charge >= 0.3 is 6.09 Å². The number of carbonyl (C=O) groups excluding carboxylic acids is 1. The fraction of sp³-hybridized carbons (Fsp3) is 0.188. The second-order valence-corrected chi connectivity index (χ2v) is 4.45. The van der Waals surface area contributed by atoms with Gasteiger partial charge in [-0.25, -0.2) is 4.79 Å². The van der Waals surface area contributed by atoms with Gasteiger partial charge in [-0.15, -0.1) is 5.11 Å². The van der Waals surface area contributed by atoms with Crippen molar-refractivity contribution in [3.63, 3.8) is 0 Å². The highest BCUT2D eigenvalue weighted by Gasteiger charge is 2.02. The molecule has 5 heteroatoms. The number of amides is 1. The van der Waals surface area contributed by atoms with Gasteiger partial charge in [0.05, 0.1) is 12.8 Å². The minimum atomic E-state index is -0.723. The van der Waals surface area contributed by atoms with E-state index < -0.39 is 6.09 Å². The lowest BCUT2D eigenvalue weighted by Gasteiger charge is -2.02. The van der Waals surface area contributed by atoms with E-state index in [1.807, 2.05) is 43.3 Å². The van der Waals surface area contributed by atoms with E-state index in [-0.39, 0.29) is 6.61 Å². The lowest BCUT2D eigenvalue weighted by atomic mass is 10.2. The van der Waals surface area contributed by atoms with Crippen LogP contribution in [-0.4, -0.2) is 13.2 Å². The lowest BCUT2D eigenvalue weighted by Crippen LogP contribution is -1.98. The Morgan fingerprint density at radius 1 is 1.14 bits per heavy atom. The molecule has 0 aliphatic rings. The number of carbonyl (C=O) groups is 1. The van der Waals surface area contributed by atoms with Crippen LogP contribution in [0.2, 0.25) is 0 Å². The molecule has 0 unspecified atom stereocenters. The zero-order valence-electron chi connectivity index (χ0n) is 11.9. The highest BCUT2D eigenvalue weighted by atomic mass is 16.5. The Kier molecular flexibility index (Phi) is 5.04. The molecule has 21 heavy (non-hydrogen) atoms. The minimum absolute atomic E-state index is 0.176. The van der Waals surface area contributed by atoms with Gasteiger partial charge in [-0.1, -0.05) is 35.4 Å². The van der Waals surface area contributed by atoms with Crippen LogP contribution in [0, 0.1) is 6.92 Å². The van der Waals surface area contributed by atoms with Crippen molar-refractivity contribution in [2.75, 3.05) is 7.11 Å². The van der Waals surface area contributed by atoms with Gasteiger partial charge in [-0.2, -0.15) is 0 Å². The molecule has 0 N–H and O–H groups in total. The summed E-state index contributed by atoms with van der Waals surface area (Å²) < 4.78 is 10.1. The lowest BCUT2D eigenvalue weighted by molar-refractivity contribution is 0.149. The summed E-state index contributed by atoms with van der Waals surface area (Å²) in [6, 6.07) is 14.8. The quantitative estimate of drug-likeness (QED) is 0.780. The number of methoxy groups -OCH3 is 1. The summed E-state index contributed by atoms with van der Waals surface area (Å²) in [5.74, 6) is 0.668. The van der Waals surface area contributed by atoms with E-state index in [9.17, 15) is 4.79 Å². The average Bonchev–Trinajstić information content (AvgIpc) is 2.51. The predicted molar refractivity (Wildman–Crippen MR) is 78.9 cm³/mol. The van der Waals surface area contributed by atoms with Gasteiger partial charge in [0.1, 0.15) is 12.4 Å². The van der Waals surface area contributed by atoms with Crippen LogP contribution in [0.4, 0.5) is 10.5 Å². The van der Waals surface area contributed by atoms with E-state index in [0.29, 0.717) is 11.4 Å². The summed E-state index contributed by atoms with van der Waals surface area (Å²) >= 11 is 0. The van der Waals surface area contributed by atoms with Crippen molar-refractivity contribution in [2.45, 2.75) is 13.5 Å². The maximum absolute atomic E-state index is 11.5. The predicted octanol–water partition coefficient (Wildman–Crippen LogP) is 4.42. The van der Waals surface area contributed by atoms with Gasteiger partial charge in [-0.05, 0) is 30.2 Å². The molecule has 108 valence electrons. The second kappa shape index (κ2) is 7.19. The van der Waals surface area contributed by atoms with Crippen LogP contribution in [0.3, 0.4) is 0 Å². The molecule has 0 saturated heterocycles. The molecule has 0 fully saturated rings. The molecule has 0 bridgehead atoms. The van der Waals surface area contributed by atoms with Gasteiger partial charge in [0, 0.05) is 6.07 Å². The average molecular weight is 284 g/mol. The third-order valence-corrected chi connectivity index (χ3v) is 2.72. The first-order valence-corrected chi connectivity index (χ1v) is 6.45. The van der Waals surface area contributed by atoms with Crippen LogP contribution < -0.4 is 4.74 Å². The number of benzene rings is 2. The van der Waals surface area contributed by atoms with Gasteiger partial charge in [-0.3, -0.25) is 0 Å². The molecule has 0 spiro atoms. The summed E-state index contributed by atoms with van der Waals surface area (Å²) in [6.45, 7) is 2.09. The van der Waals surface area contributed by atoms with E-state index in [1.165, 1.54) is 0 Å². The first kappa shape index (κ1) is 14.7. The van der Waals surface area contributed by atoms with Crippen LogP contribution in [0.25, 0.3) is 0 Å². The maximum Gasteiger partial charge on any atom is 0.452 e. The van der Waals surface area contributed by atoms with Crippen molar-refractivity contribution >= 4 is 11.8 Å². The van der Waals surface area contributed by atoms with E-state index >= 15 is 0 Å². The van der Waals surface area contributed by atoms with Crippen LogP contribution in [0.5, 0.6) is 5.75 Å². The third kappa shape index (κ3) is 4.72. The number of ether oxygens (including phenoxy) is 2. The molecule has 0 atom stereocenters. The van der Waals surface area contributed by atoms with Gasteiger partial charge in [0.25, 0.3) is 0 Å². The summed E-state index contributed by atoms with van der Waals surface area (Å²) in [5, 5.41) is 7.39. The molecule has 1 amide bonds. The standard InChI is InChI=1S/C16H16N2O3/c1-12-8-14(10-15(9-12)20-2)17-18-16(19)21-11-13-6-4-3-5-7-13/h3-10H,11H2,1-2H3. The molecular formula is C16H16N2O3. The Morgan fingerprint density at radius 2 is 1.90 bits per heavy atom. The third-order valence-electron chi connectivity index (χ3n) is 2.72. The molecule has 0 aliphatic carbocycles. The van der Waals surface area contributed by atoms with Crippen molar-refractivity contribution in [1.29, 1.82) is 0 Å². The summed E-state index contributed by atoms with van der Waals surface area (Å²) in [6.07, 6.45) is -0.723. The smallest absolute Gasteiger partial charge is 0.452 e. The molecule has 2 aromatic rings. The molecule has 2 aromatic carbocycles. The Hall–Kier alpha value is -2.69. The Labute approximate surface area is 123 Å². The monoisotopic (exact) mass is 284 g/mol. The largest absolute Gasteiger partial charge is 0.497 e. The summed E-state index contributed by atoms with van der Waals surface area (Å²) in [5.41, 5.74) is 2.42. The van der Waals surface area contributed by atoms with E-state index in [2.05, 4.69) is 10.2 Å². The van der Waals surface area contributed by atoms with Crippen molar-refractivity contribution in [1.82, 2.24) is 0 Å². The number of azo groups is 1. The van der Waals surface area contributed by atoms with Crippen LogP contribution in [0.1, 0.15) is 11.1 Å². The molecule has 0 radical (unpaired) electrons. The molecule has 2 rings (SSSR count). The van der Waals surface area contributed by atoms with E-state index in [0.717, 1.165) is 11.1 Å². The number of hydrogen-bond donors (Lipinski definition) is 0. The van der Waals surface area contributed by atoms with Gasteiger partial charge in [0.2, 0.25) is 0 Å². The maximum atomic E-state index is 11.5. The molecular weight excluding hydrogens is 268 g/mol. The van der Waals surface area contributed by atoms with Crippen molar-refractivity contribution in [3.05, 3.63) is 59.7 Å². The molecule has 0 aromatic heterocycles. The van der Waals surface area contributed by atoms with E-state index in [1.54, 1.807) is 19.2 Å². The molecule has 0 heterocycles. The van der Waals surface area contributed by atoms with Crippen molar-refractivity contribution < 1.29 is 14.3 Å². The highest BCUT2D eigenvalue weighted by Crippen LogP contribution is 2.22. The number of hydrogen-bond acceptors (Lipinski definition) is 4. The van der Waals surface area contributed by atoms with Crippen molar-refractivity contribution in [3.8, 4) is 5.75 Å². The van der Waals surface area contributed by atoms with Crippen LogP contribution in [0.15, 0.2) is 58.8 Å². The molecule has 0 aliphatic heterocycles. The Bertz CT molecular complexity index is 639. The first-order valence-electron chi connectivity index (χ1n) is 6.45. The summed E-state index contributed by atoms with van der Waals surface area (Å²) in [7, 11) is 1.57. The Balaban J connectivity index is 1.94. The fourth-order valence-electron chi connectivity index (χ4n) is 1.75. The van der Waals surface area contributed by atoms with Gasteiger partial charge < -0.3 is 9.47 Å².